The summed E-state index contributed by atoms with van der Waals surface area (Å²) in [5.74, 6) is 1.44. The Kier molecular flexibility index (Phi) is 3.73. The molecule has 0 aliphatic carbocycles. The highest BCUT2D eigenvalue weighted by atomic mass is 16.5. The lowest BCUT2D eigenvalue weighted by molar-refractivity contribution is 0.359. The van der Waals surface area contributed by atoms with Gasteiger partial charge in [-0.15, -0.1) is 0 Å². The third-order valence-corrected chi connectivity index (χ3v) is 2.71. The van der Waals surface area contributed by atoms with E-state index in [0.717, 1.165) is 11.1 Å². The maximum Gasteiger partial charge on any atom is 0.227 e. The summed E-state index contributed by atoms with van der Waals surface area (Å²) in [6.07, 6.45) is 1.15. The Bertz CT molecular complexity index is 568. The van der Waals surface area contributed by atoms with Crippen molar-refractivity contribution in [2.24, 2.45) is 5.92 Å². The molecule has 0 saturated heterocycles. The smallest absolute Gasteiger partial charge is 0.227 e. The van der Waals surface area contributed by atoms with Crippen molar-refractivity contribution in [3.8, 4) is 17.5 Å². The predicted octanol–water partition coefficient (Wildman–Crippen LogP) is 3.14. The van der Waals surface area contributed by atoms with Crippen molar-refractivity contribution in [2.75, 3.05) is 0 Å². The van der Waals surface area contributed by atoms with Crippen LogP contribution in [0, 0.1) is 24.2 Å². The van der Waals surface area contributed by atoms with E-state index >= 15 is 0 Å². The maximum atomic E-state index is 8.61. The second kappa shape index (κ2) is 5.46. The van der Waals surface area contributed by atoms with Crippen LogP contribution in [0.1, 0.15) is 24.8 Å². The third-order valence-electron chi connectivity index (χ3n) is 2.71. The Morgan fingerprint density at radius 2 is 2.28 bits per heavy atom. The highest BCUT2D eigenvalue weighted by Gasteiger charge is 2.11. The molecule has 2 rings (SSSR count). The number of nitriles is 1. The lowest BCUT2D eigenvalue weighted by Gasteiger charge is -2.00. The fraction of sp³-hybridized carbons (Fsp3) is 0.357. The largest absolute Gasteiger partial charge is 0.339 e. The van der Waals surface area contributed by atoms with E-state index in [-0.39, 0.29) is 5.92 Å². The molecule has 92 valence electrons. The minimum Gasteiger partial charge on any atom is -0.339 e. The molecule has 0 radical (unpaired) electrons. The molecule has 4 heteroatoms. The van der Waals surface area contributed by atoms with Crippen LogP contribution < -0.4 is 0 Å². The molecule has 0 amide bonds. The molecule has 18 heavy (non-hydrogen) atoms. The van der Waals surface area contributed by atoms with Gasteiger partial charge in [-0.05, 0) is 18.9 Å². The predicted molar refractivity (Wildman–Crippen MR) is 67.6 cm³/mol. The highest BCUT2D eigenvalue weighted by Crippen LogP contribution is 2.18. The number of nitrogens with zero attached hydrogens (tertiary/aromatic N) is 3. The summed E-state index contributed by atoms with van der Waals surface area (Å²) in [7, 11) is 0. The normalized spacial score (nSPS) is 12.1. The molecule has 0 fully saturated rings. The molecule has 0 aliphatic rings. The highest BCUT2D eigenvalue weighted by molar-refractivity contribution is 5.55. The molecule has 1 atom stereocenters. The second-order valence-corrected chi connectivity index (χ2v) is 4.55. The van der Waals surface area contributed by atoms with E-state index in [9.17, 15) is 0 Å². The van der Waals surface area contributed by atoms with E-state index in [1.165, 1.54) is 0 Å². The van der Waals surface area contributed by atoms with E-state index < -0.39 is 0 Å². The van der Waals surface area contributed by atoms with E-state index in [1.807, 2.05) is 38.1 Å². The number of aromatic nitrogens is 2. The van der Waals surface area contributed by atoms with Crippen LogP contribution in [-0.2, 0) is 6.42 Å². The molecule has 4 nitrogen and oxygen atoms in total. The summed E-state index contributed by atoms with van der Waals surface area (Å²) >= 11 is 0. The first kappa shape index (κ1) is 12.3. The van der Waals surface area contributed by atoms with E-state index in [4.69, 9.17) is 9.78 Å². The summed E-state index contributed by atoms with van der Waals surface area (Å²) in [5.41, 5.74) is 2.12. The molecule has 0 aliphatic heterocycles. The standard InChI is InChI=1S/C14H15N3O/c1-10-4-3-5-12(8-10)14-16-13(18-17-14)9-11(2)6-7-15/h3-5,8,11H,6,9H2,1-2H3. The molecule has 0 spiro atoms. The fourth-order valence-electron chi connectivity index (χ4n) is 1.77. The van der Waals surface area contributed by atoms with Crippen LogP contribution in [0.3, 0.4) is 0 Å². The van der Waals surface area contributed by atoms with Crippen molar-refractivity contribution in [3.63, 3.8) is 0 Å². The van der Waals surface area contributed by atoms with Crippen molar-refractivity contribution in [1.29, 1.82) is 5.26 Å². The van der Waals surface area contributed by atoms with Crippen molar-refractivity contribution in [3.05, 3.63) is 35.7 Å². The number of hydrogen-bond donors (Lipinski definition) is 0. The average molecular weight is 241 g/mol. The summed E-state index contributed by atoms with van der Waals surface area (Å²) in [6, 6.07) is 10.1. The Labute approximate surface area is 106 Å². The van der Waals surface area contributed by atoms with E-state index in [0.29, 0.717) is 24.6 Å². The molecule has 1 unspecified atom stereocenters. The molecule has 0 N–H and O–H groups in total. The zero-order valence-corrected chi connectivity index (χ0v) is 10.6. The van der Waals surface area contributed by atoms with Crippen LogP contribution in [0.15, 0.2) is 28.8 Å². The molecule has 0 bridgehead atoms. The van der Waals surface area contributed by atoms with Crippen molar-refractivity contribution in [2.45, 2.75) is 26.7 Å². The Hall–Kier alpha value is -2.15. The van der Waals surface area contributed by atoms with Gasteiger partial charge in [-0.1, -0.05) is 35.8 Å². The number of aryl methyl sites for hydroxylation is 1. The van der Waals surface area contributed by atoms with Gasteiger partial charge >= 0.3 is 0 Å². The first-order valence-electron chi connectivity index (χ1n) is 5.95. The first-order valence-corrected chi connectivity index (χ1v) is 5.95. The van der Waals surface area contributed by atoms with Gasteiger partial charge in [0.25, 0.3) is 0 Å². The van der Waals surface area contributed by atoms with Crippen LogP contribution >= 0.6 is 0 Å². The van der Waals surface area contributed by atoms with Crippen molar-refractivity contribution >= 4 is 0 Å². The zero-order valence-electron chi connectivity index (χ0n) is 10.6. The number of benzene rings is 1. The Morgan fingerprint density at radius 1 is 1.44 bits per heavy atom. The monoisotopic (exact) mass is 241 g/mol. The van der Waals surface area contributed by atoms with Gasteiger partial charge in [0, 0.05) is 18.4 Å². The molecule has 1 aromatic heterocycles. The number of hydrogen-bond acceptors (Lipinski definition) is 4. The molecule has 1 heterocycles. The minimum absolute atomic E-state index is 0.237. The lowest BCUT2D eigenvalue weighted by Crippen LogP contribution is -1.98. The lowest BCUT2D eigenvalue weighted by atomic mass is 10.1. The Morgan fingerprint density at radius 3 is 3.00 bits per heavy atom. The van der Waals surface area contributed by atoms with E-state index in [1.54, 1.807) is 0 Å². The van der Waals surface area contributed by atoms with Crippen LogP contribution in [0.2, 0.25) is 0 Å². The summed E-state index contributed by atoms with van der Waals surface area (Å²) in [4.78, 5) is 4.36. The average Bonchev–Trinajstić information content (AvgIpc) is 2.78. The quantitative estimate of drug-likeness (QED) is 0.824. The second-order valence-electron chi connectivity index (χ2n) is 4.55. The molecular formula is C14H15N3O. The van der Waals surface area contributed by atoms with Crippen LogP contribution in [0.5, 0.6) is 0 Å². The van der Waals surface area contributed by atoms with Gasteiger partial charge in [-0.3, -0.25) is 0 Å². The van der Waals surface area contributed by atoms with E-state index in [2.05, 4.69) is 16.2 Å². The van der Waals surface area contributed by atoms with Gasteiger partial charge in [-0.25, -0.2) is 0 Å². The van der Waals surface area contributed by atoms with Gasteiger partial charge in [0.2, 0.25) is 11.7 Å². The molecule has 1 aromatic carbocycles. The summed E-state index contributed by atoms with van der Waals surface area (Å²) < 4.78 is 5.21. The van der Waals surface area contributed by atoms with Crippen LogP contribution in [-0.4, -0.2) is 10.1 Å². The molecule has 0 saturated carbocycles. The number of rotatable bonds is 4. The van der Waals surface area contributed by atoms with Gasteiger partial charge in [0.15, 0.2) is 0 Å². The van der Waals surface area contributed by atoms with Crippen LogP contribution in [0.25, 0.3) is 11.4 Å². The van der Waals surface area contributed by atoms with Crippen molar-refractivity contribution < 1.29 is 4.52 Å². The topological polar surface area (TPSA) is 62.7 Å². The third kappa shape index (κ3) is 2.95. The summed E-state index contributed by atoms with van der Waals surface area (Å²) in [5, 5.41) is 12.6. The SMILES string of the molecule is Cc1cccc(-c2noc(CC(C)CC#N)n2)c1. The fourth-order valence-corrected chi connectivity index (χ4v) is 1.77. The minimum atomic E-state index is 0.237. The first-order chi connectivity index (χ1) is 8.69. The van der Waals surface area contributed by atoms with Crippen LogP contribution in [0.4, 0.5) is 0 Å². The van der Waals surface area contributed by atoms with Gasteiger partial charge in [0.05, 0.1) is 6.07 Å². The van der Waals surface area contributed by atoms with Crippen molar-refractivity contribution in [1.82, 2.24) is 10.1 Å². The zero-order chi connectivity index (χ0) is 13.0. The van der Waals surface area contributed by atoms with Gasteiger partial charge in [-0.2, -0.15) is 10.2 Å². The molecule has 2 aromatic rings. The Balaban J connectivity index is 2.13. The van der Waals surface area contributed by atoms with Gasteiger partial charge < -0.3 is 4.52 Å². The maximum absolute atomic E-state index is 8.61. The molecular weight excluding hydrogens is 226 g/mol. The van der Waals surface area contributed by atoms with Gasteiger partial charge in [0.1, 0.15) is 0 Å². The summed E-state index contributed by atoms with van der Waals surface area (Å²) in [6.45, 7) is 4.03.